The first kappa shape index (κ1) is 18.2. The molecule has 0 aliphatic rings. The second-order valence-corrected chi connectivity index (χ2v) is 7.36. The number of nitrogens with zero attached hydrogens (tertiary/aromatic N) is 1. The molecule has 132 valence electrons. The van der Waals surface area contributed by atoms with Crippen LogP contribution in [0.25, 0.3) is 0 Å². The van der Waals surface area contributed by atoms with Gasteiger partial charge in [0.1, 0.15) is 0 Å². The van der Waals surface area contributed by atoms with Gasteiger partial charge in [0, 0.05) is 22.2 Å². The first-order valence-electron chi connectivity index (χ1n) is 7.95. The Balaban J connectivity index is 1.51. The van der Waals surface area contributed by atoms with Crippen molar-refractivity contribution in [3.05, 3.63) is 71.7 Å². The van der Waals surface area contributed by atoms with Crippen LogP contribution in [0.1, 0.15) is 5.56 Å². The number of amides is 2. The number of thiazole rings is 1. The van der Waals surface area contributed by atoms with Gasteiger partial charge in [-0.2, -0.15) is 0 Å². The monoisotopic (exact) mass is 383 g/mol. The summed E-state index contributed by atoms with van der Waals surface area (Å²) in [7, 11) is 0. The van der Waals surface area contributed by atoms with E-state index in [-0.39, 0.29) is 17.6 Å². The van der Waals surface area contributed by atoms with Crippen molar-refractivity contribution in [1.29, 1.82) is 0 Å². The minimum absolute atomic E-state index is 0.0696. The zero-order valence-electron chi connectivity index (χ0n) is 13.8. The molecule has 1 aromatic heterocycles. The lowest BCUT2D eigenvalue weighted by Gasteiger charge is -2.08. The summed E-state index contributed by atoms with van der Waals surface area (Å²) in [4.78, 5) is 29.0. The number of anilines is 2. The van der Waals surface area contributed by atoms with Crippen LogP contribution in [0.3, 0.4) is 0 Å². The van der Waals surface area contributed by atoms with Gasteiger partial charge in [0.25, 0.3) is 0 Å². The summed E-state index contributed by atoms with van der Waals surface area (Å²) in [6.07, 6.45) is 1.98. The molecule has 0 saturated carbocycles. The Kier molecular flexibility index (Phi) is 6.40. The van der Waals surface area contributed by atoms with Gasteiger partial charge in [0.2, 0.25) is 11.8 Å². The highest BCUT2D eigenvalue weighted by Crippen LogP contribution is 2.22. The minimum atomic E-state index is -0.108. The first-order valence-corrected chi connectivity index (χ1v) is 9.81. The van der Waals surface area contributed by atoms with E-state index < -0.39 is 0 Å². The largest absolute Gasteiger partial charge is 0.326 e. The van der Waals surface area contributed by atoms with Gasteiger partial charge < -0.3 is 10.6 Å². The molecule has 0 fully saturated rings. The van der Waals surface area contributed by atoms with Gasteiger partial charge in [-0.15, -0.1) is 23.1 Å². The van der Waals surface area contributed by atoms with Crippen LogP contribution in [0.4, 0.5) is 10.8 Å². The third-order valence-corrected chi connectivity index (χ3v) is 5.06. The number of benzene rings is 2. The molecule has 0 aliphatic heterocycles. The highest BCUT2D eigenvalue weighted by molar-refractivity contribution is 8.00. The zero-order chi connectivity index (χ0) is 18.2. The normalized spacial score (nSPS) is 10.3. The molecule has 3 rings (SSSR count). The summed E-state index contributed by atoms with van der Waals surface area (Å²) in [6, 6.07) is 17.1. The van der Waals surface area contributed by atoms with Gasteiger partial charge in [0.15, 0.2) is 5.13 Å². The molecule has 3 aromatic rings. The summed E-state index contributed by atoms with van der Waals surface area (Å²) in [5, 5.41) is 8.04. The van der Waals surface area contributed by atoms with Gasteiger partial charge in [-0.25, -0.2) is 4.98 Å². The molecule has 2 N–H and O–H groups in total. The van der Waals surface area contributed by atoms with Crippen molar-refractivity contribution in [2.45, 2.75) is 11.3 Å². The van der Waals surface area contributed by atoms with Crippen LogP contribution < -0.4 is 10.6 Å². The predicted molar refractivity (Wildman–Crippen MR) is 107 cm³/mol. The molecule has 0 spiro atoms. The lowest BCUT2D eigenvalue weighted by atomic mass is 10.1. The first-order chi connectivity index (χ1) is 12.7. The molecule has 5 nitrogen and oxygen atoms in total. The van der Waals surface area contributed by atoms with Crippen LogP contribution in [0.15, 0.2) is 71.1 Å². The number of carbonyl (C=O) groups excluding carboxylic acids is 2. The number of thioether (sulfide) groups is 1. The topological polar surface area (TPSA) is 71.1 Å². The van der Waals surface area contributed by atoms with Crippen LogP contribution >= 0.6 is 23.1 Å². The molecule has 26 heavy (non-hydrogen) atoms. The van der Waals surface area contributed by atoms with Crippen molar-refractivity contribution >= 4 is 45.7 Å². The second kappa shape index (κ2) is 9.17. The Labute approximate surface area is 159 Å². The van der Waals surface area contributed by atoms with Gasteiger partial charge >= 0.3 is 0 Å². The average molecular weight is 383 g/mol. The molecule has 7 heteroatoms. The van der Waals surface area contributed by atoms with E-state index >= 15 is 0 Å². The van der Waals surface area contributed by atoms with Crippen molar-refractivity contribution in [3.8, 4) is 0 Å². The third kappa shape index (κ3) is 5.72. The molecule has 0 aliphatic carbocycles. The van der Waals surface area contributed by atoms with E-state index in [9.17, 15) is 9.59 Å². The van der Waals surface area contributed by atoms with Crippen molar-refractivity contribution in [3.63, 3.8) is 0 Å². The standard InChI is InChI=1S/C19H17N3O2S2/c23-17(11-14-5-2-1-3-6-14)21-15-7-4-8-16(12-15)26-13-18(24)22-19-20-9-10-25-19/h1-10,12H,11,13H2,(H,21,23)(H,20,22,24). The second-order valence-electron chi connectivity index (χ2n) is 5.41. The summed E-state index contributed by atoms with van der Waals surface area (Å²) < 4.78 is 0. The van der Waals surface area contributed by atoms with E-state index in [2.05, 4.69) is 15.6 Å². The minimum Gasteiger partial charge on any atom is -0.326 e. The van der Waals surface area contributed by atoms with Gasteiger partial charge in [0.05, 0.1) is 12.2 Å². The summed E-state index contributed by atoms with van der Waals surface area (Å²) in [5.41, 5.74) is 1.69. The molecule has 0 bridgehead atoms. The number of hydrogen-bond acceptors (Lipinski definition) is 5. The fourth-order valence-corrected chi connectivity index (χ4v) is 3.54. The van der Waals surface area contributed by atoms with E-state index in [1.807, 2.05) is 60.0 Å². The zero-order valence-corrected chi connectivity index (χ0v) is 15.5. The SMILES string of the molecule is O=C(Cc1ccccc1)Nc1cccc(SCC(=O)Nc2nccs2)c1. The van der Waals surface area contributed by atoms with E-state index in [1.54, 1.807) is 6.20 Å². The van der Waals surface area contributed by atoms with Crippen LogP contribution in [-0.2, 0) is 16.0 Å². The molecule has 1 heterocycles. The lowest BCUT2D eigenvalue weighted by Crippen LogP contribution is -2.14. The smallest absolute Gasteiger partial charge is 0.236 e. The van der Waals surface area contributed by atoms with E-state index in [4.69, 9.17) is 0 Å². The third-order valence-electron chi connectivity index (χ3n) is 3.37. The number of nitrogens with one attached hydrogen (secondary N) is 2. The maximum atomic E-state index is 12.1. The predicted octanol–water partition coefficient (Wildman–Crippen LogP) is 4.06. The van der Waals surface area contributed by atoms with Crippen molar-refractivity contribution in [1.82, 2.24) is 4.98 Å². The highest BCUT2D eigenvalue weighted by atomic mass is 32.2. The van der Waals surface area contributed by atoms with Crippen LogP contribution in [0.5, 0.6) is 0 Å². The van der Waals surface area contributed by atoms with Gasteiger partial charge in [-0.3, -0.25) is 9.59 Å². The Bertz CT molecular complexity index is 868. The van der Waals surface area contributed by atoms with Crippen LogP contribution in [0, 0.1) is 0 Å². The number of hydrogen-bond donors (Lipinski definition) is 2. The summed E-state index contributed by atoms with van der Waals surface area (Å²) >= 11 is 2.79. The molecular formula is C19H17N3O2S2. The fraction of sp³-hybridized carbons (Fsp3) is 0.105. The van der Waals surface area contributed by atoms with Crippen molar-refractivity contribution < 1.29 is 9.59 Å². The molecule has 0 radical (unpaired) electrons. The molecule has 2 amide bonds. The van der Waals surface area contributed by atoms with E-state index in [0.29, 0.717) is 11.6 Å². The number of rotatable bonds is 7. The maximum Gasteiger partial charge on any atom is 0.236 e. The quantitative estimate of drug-likeness (QED) is 0.604. The summed E-state index contributed by atoms with van der Waals surface area (Å²) in [5.74, 6) is 0.101. The highest BCUT2D eigenvalue weighted by Gasteiger charge is 2.07. The summed E-state index contributed by atoms with van der Waals surface area (Å²) in [6.45, 7) is 0. The average Bonchev–Trinajstić information content (AvgIpc) is 3.14. The molecule has 0 atom stereocenters. The molecule has 2 aromatic carbocycles. The number of carbonyl (C=O) groups is 2. The van der Waals surface area contributed by atoms with Crippen LogP contribution in [-0.4, -0.2) is 22.6 Å². The van der Waals surface area contributed by atoms with Gasteiger partial charge in [-0.1, -0.05) is 36.4 Å². The van der Waals surface area contributed by atoms with Crippen molar-refractivity contribution in [2.24, 2.45) is 0 Å². The van der Waals surface area contributed by atoms with Gasteiger partial charge in [-0.05, 0) is 23.8 Å². The Morgan fingerprint density at radius 2 is 1.85 bits per heavy atom. The Morgan fingerprint density at radius 3 is 2.62 bits per heavy atom. The lowest BCUT2D eigenvalue weighted by molar-refractivity contribution is -0.115. The van der Waals surface area contributed by atoms with Crippen LogP contribution in [0.2, 0.25) is 0 Å². The number of aromatic nitrogens is 1. The molecular weight excluding hydrogens is 366 g/mol. The Morgan fingerprint density at radius 1 is 1.00 bits per heavy atom. The Hall–Kier alpha value is -2.64. The van der Waals surface area contributed by atoms with E-state index in [1.165, 1.54) is 23.1 Å². The maximum absolute atomic E-state index is 12.1. The van der Waals surface area contributed by atoms with Crippen molar-refractivity contribution in [2.75, 3.05) is 16.4 Å². The fourth-order valence-electron chi connectivity index (χ4n) is 2.24. The van der Waals surface area contributed by atoms with E-state index in [0.717, 1.165) is 16.1 Å². The molecule has 0 saturated heterocycles. The molecule has 0 unspecified atom stereocenters.